The number of nitrogens with zero attached hydrogens (tertiary/aromatic N) is 1. The first-order valence-electron chi connectivity index (χ1n) is 23.6. The number of aliphatic hydroxyl groups excluding tert-OH is 1. The molecule has 0 unspecified atom stereocenters. The minimum Gasteiger partial charge on any atom is -0.481 e. The van der Waals surface area contributed by atoms with Crippen molar-refractivity contribution in [2.24, 2.45) is 41.2 Å². The van der Waals surface area contributed by atoms with Crippen molar-refractivity contribution in [1.82, 2.24) is 26.2 Å². The van der Waals surface area contributed by atoms with Crippen molar-refractivity contribution < 1.29 is 63.0 Å². The van der Waals surface area contributed by atoms with Crippen LogP contribution >= 0.6 is 0 Å². The summed E-state index contributed by atoms with van der Waals surface area (Å²) >= 11 is 0. The molecule has 2 aliphatic heterocycles. The number of likely N-dealkylation sites (tertiary alicyclic amines) is 1. The third kappa shape index (κ3) is 20.7. The van der Waals surface area contributed by atoms with Crippen molar-refractivity contribution in [3.63, 3.8) is 0 Å². The van der Waals surface area contributed by atoms with Crippen LogP contribution in [-0.4, -0.2) is 129 Å². The Bertz CT molecular complexity index is 1750. The van der Waals surface area contributed by atoms with E-state index in [1.165, 1.54) is 11.8 Å². The summed E-state index contributed by atoms with van der Waals surface area (Å²) in [5, 5.41) is 30.0. The van der Waals surface area contributed by atoms with Crippen LogP contribution in [0.3, 0.4) is 0 Å². The number of amides is 5. The summed E-state index contributed by atoms with van der Waals surface area (Å²) in [6.45, 7) is 12.8. The van der Waals surface area contributed by atoms with E-state index < -0.39 is 107 Å². The van der Waals surface area contributed by atoms with Gasteiger partial charge in [-0.05, 0) is 69.6 Å². The summed E-state index contributed by atoms with van der Waals surface area (Å²) in [6, 6.07) is -3.50. The van der Waals surface area contributed by atoms with Gasteiger partial charge in [-0.1, -0.05) is 41.5 Å². The summed E-state index contributed by atoms with van der Waals surface area (Å²) in [6.07, 6.45) is -0.491. The summed E-state index contributed by atoms with van der Waals surface area (Å²) in [5.41, 5.74) is 5.32. The summed E-state index contributed by atoms with van der Waals surface area (Å²) in [5.74, 6) is -8.58. The van der Waals surface area contributed by atoms with Crippen molar-refractivity contribution >= 4 is 64.4 Å². The zero-order chi connectivity index (χ0) is 49.8. The molecule has 66 heavy (non-hydrogen) atoms. The fraction of sp³-hybridized carbons (Fsp3) is 0.766. The van der Waals surface area contributed by atoms with Gasteiger partial charge in [-0.25, -0.2) is 0 Å². The third-order valence-corrected chi connectivity index (χ3v) is 12.1. The number of carboxylic acid groups (broad SMARTS) is 1. The van der Waals surface area contributed by atoms with Crippen molar-refractivity contribution in [1.29, 1.82) is 0 Å². The number of nitrogens with one attached hydrogen (secondary N) is 4. The molecule has 0 saturated carbocycles. The van der Waals surface area contributed by atoms with E-state index in [0.29, 0.717) is 25.8 Å². The maximum absolute atomic E-state index is 13.6. The highest BCUT2D eigenvalue weighted by molar-refractivity contribution is 5.97. The number of primary amides is 1. The van der Waals surface area contributed by atoms with Crippen molar-refractivity contribution in [2.75, 3.05) is 19.6 Å². The Kier molecular flexibility index (Phi) is 24.5. The number of carbonyl (C=O) groups is 11. The van der Waals surface area contributed by atoms with E-state index in [9.17, 15) is 63.0 Å². The highest BCUT2D eigenvalue weighted by Gasteiger charge is 2.37. The average Bonchev–Trinajstić information content (AvgIpc) is 3.91. The Labute approximate surface area is 388 Å². The Morgan fingerprint density at radius 2 is 1.30 bits per heavy atom. The van der Waals surface area contributed by atoms with Gasteiger partial charge in [-0.15, -0.1) is 0 Å². The van der Waals surface area contributed by atoms with Crippen LogP contribution in [0.25, 0.3) is 0 Å². The first-order valence-corrected chi connectivity index (χ1v) is 23.6. The van der Waals surface area contributed by atoms with Gasteiger partial charge in [0.25, 0.3) is 0 Å². The highest BCUT2D eigenvalue weighted by atomic mass is 16.4. The van der Waals surface area contributed by atoms with Crippen LogP contribution in [0.1, 0.15) is 145 Å². The standard InChI is InChI=1S/C47H76N6O13/c1-26(2)17-30(46(64)51-29(7)38(56)12-15-44(62)53-16-8-9-37(53)41(59)22-32(47(65)66)19-28(5)6)20-33(54)25-50-45(63)31(18-27(3)4)21-40(58)35(10-13-42(48)60)52-43(61)14-11-39(57)36-23-34(55)24-49-36/h26-32,34-37,49,55H,8-25H2,1-7H3,(H2,48,60)(H,50,63)(H,51,64)(H,52,61)(H,65,66)/t29-,30+,31+,32+,34+,35-,36-,37-/m0/s1. The van der Waals surface area contributed by atoms with E-state index in [0.717, 1.165) is 0 Å². The van der Waals surface area contributed by atoms with Gasteiger partial charge in [-0.3, -0.25) is 52.7 Å². The molecular weight excluding hydrogens is 857 g/mol. The lowest BCUT2D eigenvalue weighted by Crippen LogP contribution is -2.45. The molecule has 0 aliphatic carbocycles. The molecule has 0 aromatic rings. The number of aliphatic hydroxyl groups is 1. The SMILES string of the molecule is CC(C)C[C@H](CC(=O)[C@@H]1CCCN1C(=O)CCC(=O)[C@H](C)NC(=O)[C@@H](CC(=O)CNC(=O)[C@@H](CC(=O)[C@H](CCC(N)=O)NC(=O)CCC(=O)[C@@H]1C[C@@H](O)CN1)CC(C)C)CC(C)C)C(=O)O. The lowest BCUT2D eigenvalue weighted by Gasteiger charge is -2.25. The van der Waals surface area contributed by atoms with Gasteiger partial charge in [0, 0.05) is 76.3 Å². The number of carbonyl (C=O) groups excluding carboxylic acids is 10. The molecule has 0 bridgehead atoms. The van der Waals surface area contributed by atoms with Gasteiger partial charge in [0.15, 0.2) is 23.1 Å². The number of β-amino-alcohol motifs (C(OH)–C–C–N with tert-alkyl or cyclic N) is 1. The number of hydrogen-bond acceptors (Lipinski definition) is 13. The summed E-state index contributed by atoms with van der Waals surface area (Å²) in [7, 11) is 0. The van der Waals surface area contributed by atoms with Crippen LogP contribution in [-0.2, 0) is 52.7 Å². The average molecular weight is 933 g/mol. The zero-order valence-corrected chi connectivity index (χ0v) is 40.0. The molecule has 5 amide bonds. The molecule has 2 heterocycles. The van der Waals surface area contributed by atoms with E-state index >= 15 is 0 Å². The topological polar surface area (TPSA) is 306 Å². The lowest BCUT2D eigenvalue weighted by molar-refractivity contribution is -0.145. The first kappa shape index (κ1) is 57.2. The minimum atomic E-state index is -1.17. The van der Waals surface area contributed by atoms with Gasteiger partial charge < -0.3 is 42.1 Å². The van der Waals surface area contributed by atoms with Gasteiger partial charge in [0.1, 0.15) is 5.78 Å². The lowest BCUT2D eigenvalue weighted by atomic mass is 9.88. The smallest absolute Gasteiger partial charge is 0.306 e. The maximum Gasteiger partial charge on any atom is 0.306 e. The Hall–Kier alpha value is -4.91. The largest absolute Gasteiger partial charge is 0.481 e. The quantitative estimate of drug-likeness (QED) is 0.0506. The zero-order valence-electron chi connectivity index (χ0n) is 40.0. The van der Waals surface area contributed by atoms with Crippen molar-refractivity contribution in [2.45, 2.75) is 175 Å². The molecule has 2 saturated heterocycles. The van der Waals surface area contributed by atoms with E-state index in [4.69, 9.17) is 5.73 Å². The minimum absolute atomic E-state index is 0.0257. The number of carboxylic acids is 1. The van der Waals surface area contributed by atoms with Crippen LogP contribution in [0.5, 0.6) is 0 Å². The third-order valence-electron chi connectivity index (χ3n) is 12.1. The van der Waals surface area contributed by atoms with Crippen LogP contribution in [0.4, 0.5) is 0 Å². The molecule has 0 spiro atoms. The molecule has 0 aromatic heterocycles. The first-order chi connectivity index (χ1) is 30.9. The highest BCUT2D eigenvalue weighted by Crippen LogP contribution is 2.25. The second-order valence-corrected chi connectivity index (χ2v) is 19.5. The van der Waals surface area contributed by atoms with E-state index in [1.807, 2.05) is 41.5 Å². The molecule has 8 N–H and O–H groups in total. The molecule has 0 aromatic carbocycles. The van der Waals surface area contributed by atoms with E-state index in [1.54, 1.807) is 0 Å². The predicted molar refractivity (Wildman–Crippen MR) is 242 cm³/mol. The molecule has 19 heteroatoms. The molecule has 0 radical (unpaired) electrons. The number of nitrogens with two attached hydrogens (primary N) is 1. The Morgan fingerprint density at radius 1 is 0.697 bits per heavy atom. The summed E-state index contributed by atoms with van der Waals surface area (Å²) < 4.78 is 0. The molecule has 2 aliphatic rings. The fourth-order valence-electron chi connectivity index (χ4n) is 8.63. The normalized spacial score (nSPS) is 19.4. The number of ketones is 5. The molecular formula is C47H76N6O13. The van der Waals surface area contributed by atoms with Gasteiger partial charge in [0.05, 0.1) is 42.7 Å². The van der Waals surface area contributed by atoms with Crippen LogP contribution in [0, 0.1) is 35.5 Å². The monoisotopic (exact) mass is 933 g/mol. The molecule has 2 rings (SSSR count). The Morgan fingerprint density at radius 3 is 1.86 bits per heavy atom. The molecule has 19 nitrogen and oxygen atoms in total. The summed E-state index contributed by atoms with van der Waals surface area (Å²) in [4.78, 5) is 143. The molecule has 372 valence electrons. The van der Waals surface area contributed by atoms with E-state index in [2.05, 4.69) is 21.3 Å². The maximum atomic E-state index is 13.6. The second kappa shape index (κ2) is 28.3. The van der Waals surface area contributed by atoms with Crippen LogP contribution < -0.4 is 27.0 Å². The number of hydrogen-bond donors (Lipinski definition) is 7. The van der Waals surface area contributed by atoms with Crippen LogP contribution in [0.15, 0.2) is 0 Å². The number of rotatable bonds is 32. The Balaban J connectivity index is 1.98. The van der Waals surface area contributed by atoms with Crippen LogP contribution in [0.2, 0.25) is 0 Å². The fourth-order valence-corrected chi connectivity index (χ4v) is 8.63. The molecule has 2 fully saturated rings. The second-order valence-electron chi connectivity index (χ2n) is 19.5. The van der Waals surface area contributed by atoms with Gasteiger partial charge >= 0.3 is 5.97 Å². The number of Topliss-reactive ketones (excluding diaryl/α,β-unsaturated/α-hetero) is 5. The van der Waals surface area contributed by atoms with Gasteiger partial charge in [-0.2, -0.15) is 0 Å². The number of aliphatic carboxylic acids is 1. The van der Waals surface area contributed by atoms with Crippen molar-refractivity contribution in [3.8, 4) is 0 Å². The molecule has 8 atom stereocenters. The van der Waals surface area contributed by atoms with Crippen molar-refractivity contribution in [3.05, 3.63) is 0 Å². The van der Waals surface area contributed by atoms with Gasteiger partial charge in [0.2, 0.25) is 29.5 Å². The van der Waals surface area contributed by atoms with E-state index in [-0.39, 0.29) is 113 Å². The predicted octanol–water partition coefficient (Wildman–Crippen LogP) is 1.72.